The van der Waals surface area contributed by atoms with Crippen molar-refractivity contribution in [1.82, 2.24) is 9.55 Å². The molecule has 0 atom stereocenters. The summed E-state index contributed by atoms with van der Waals surface area (Å²) in [5.74, 6) is 1.03. The van der Waals surface area contributed by atoms with Crippen molar-refractivity contribution in [2.24, 2.45) is 0 Å². The number of hydrogen-bond donors (Lipinski definition) is 1. The number of rotatable bonds is 4. The van der Waals surface area contributed by atoms with E-state index in [0.29, 0.717) is 10.7 Å². The Morgan fingerprint density at radius 2 is 1.96 bits per heavy atom. The minimum atomic E-state index is -3.77. The van der Waals surface area contributed by atoms with Crippen LogP contribution in [-0.2, 0) is 16.6 Å². The maximum absolute atomic E-state index is 12.6. The third kappa shape index (κ3) is 3.44. The second kappa shape index (κ2) is 6.81. The number of aromatic nitrogens is 2. The average molecular weight is 426 g/mol. The van der Waals surface area contributed by atoms with Gasteiger partial charge in [0.1, 0.15) is 0 Å². The number of aryl methyl sites for hydroxylation is 1. The Hall–Kier alpha value is -1.67. The molecule has 4 rings (SSSR count). The van der Waals surface area contributed by atoms with E-state index in [0.717, 1.165) is 28.7 Å². The maximum atomic E-state index is 12.6. The number of halogens is 2. The highest BCUT2D eigenvalue weighted by atomic mass is 35.5. The Morgan fingerprint density at radius 1 is 1.12 bits per heavy atom. The third-order valence-corrected chi connectivity index (χ3v) is 7.00. The highest BCUT2D eigenvalue weighted by molar-refractivity contribution is 7.99. The van der Waals surface area contributed by atoms with Gasteiger partial charge in [-0.2, -0.15) is 0 Å². The van der Waals surface area contributed by atoms with E-state index in [2.05, 4.69) is 14.3 Å². The van der Waals surface area contributed by atoms with Crippen LogP contribution in [0.2, 0.25) is 10.0 Å². The molecule has 0 fully saturated rings. The average Bonchev–Trinajstić information content (AvgIpc) is 3.19. The van der Waals surface area contributed by atoms with Gasteiger partial charge in [-0.1, -0.05) is 47.1 Å². The summed E-state index contributed by atoms with van der Waals surface area (Å²) in [6, 6.07) is 11.3. The van der Waals surface area contributed by atoms with Gasteiger partial charge in [-0.15, -0.1) is 0 Å². The Bertz CT molecular complexity index is 1080. The lowest BCUT2D eigenvalue weighted by Gasteiger charge is -2.10. The lowest BCUT2D eigenvalue weighted by atomic mass is 10.1. The molecule has 1 aliphatic heterocycles. The van der Waals surface area contributed by atoms with Crippen molar-refractivity contribution >= 4 is 50.7 Å². The van der Waals surface area contributed by atoms with Crippen LogP contribution in [0.15, 0.2) is 58.7 Å². The van der Waals surface area contributed by atoms with Crippen molar-refractivity contribution in [2.75, 3.05) is 10.5 Å². The molecule has 1 aromatic heterocycles. The van der Waals surface area contributed by atoms with Crippen LogP contribution in [0.3, 0.4) is 0 Å². The molecule has 1 aliphatic rings. The zero-order valence-electron chi connectivity index (χ0n) is 13.3. The Kier molecular flexibility index (Phi) is 4.64. The fourth-order valence-electron chi connectivity index (χ4n) is 2.65. The molecule has 2 heterocycles. The molecule has 134 valence electrons. The van der Waals surface area contributed by atoms with Crippen molar-refractivity contribution in [3.05, 3.63) is 58.7 Å². The Morgan fingerprint density at radius 3 is 2.73 bits per heavy atom. The molecule has 0 bridgehead atoms. The lowest BCUT2D eigenvalue weighted by Crippen LogP contribution is -2.12. The summed E-state index contributed by atoms with van der Waals surface area (Å²) < 4.78 is 29.9. The molecular weight excluding hydrogens is 413 g/mol. The van der Waals surface area contributed by atoms with Crippen molar-refractivity contribution in [2.45, 2.75) is 16.6 Å². The first kappa shape index (κ1) is 17.7. The predicted octanol–water partition coefficient (Wildman–Crippen LogP) is 4.76. The zero-order chi connectivity index (χ0) is 18.3. The Labute approximate surface area is 165 Å². The standard InChI is InChI=1S/C17H13Cl2N3O2S2/c18-14-5-4-13(9-15(14)19)26(23,24)21-12-3-1-2-11(8-12)16-10-22-6-7-25-17(22)20-16/h1-5,8-10,21H,6-7H2. The molecular formula is C17H13Cl2N3O2S2. The van der Waals surface area contributed by atoms with Crippen LogP contribution in [0.25, 0.3) is 11.3 Å². The topological polar surface area (TPSA) is 64.0 Å². The lowest BCUT2D eigenvalue weighted by molar-refractivity contribution is 0.601. The molecule has 0 aliphatic carbocycles. The van der Waals surface area contributed by atoms with Crippen molar-refractivity contribution in [1.29, 1.82) is 0 Å². The highest BCUT2D eigenvalue weighted by Crippen LogP contribution is 2.31. The summed E-state index contributed by atoms with van der Waals surface area (Å²) in [6.07, 6.45) is 1.99. The van der Waals surface area contributed by atoms with Gasteiger partial charge in [0.2, 0.25) is 0 Å². The van der Waals surface area contributed by atoms with Crippen LogP contribution in [0.4, 0.5) is 5.69 Å². The molecule has 0 spiro atoms. The first-order chi connectivity index (χ1) is 12.4. The second-order valence-electron chi connectivity index (χ2n) is 5.71. The van der Waals surface area contributed by atoms with Crippen molar-refractivity contribution in [3.8, 4) is 11.3 Å². The van der Waals surface area contributed by atoms with E-state index in [9.17, 15) is 8.42 Å². The fourth-order valence-corrected chi connectivity index (χ4v) is 5.03. The van der Waals surface area contributed by atoms with Gasteiger partial charge >= 0.3 is 0 Å². The maximum Gasteiger partial charge on any atom is 0.261 e. The van der Waals surface area contributed by atoms with E-state index in [4.69, 9.17) is 23.2 Å². The molecule has 3 aromatic rings. The largest absolute Gasteiger partial charge is 0.325 e. The number of hydrogen-bond acceptors (Lipinski definition) is 4. The number of anilines is 1. The van der Waals surface area contributed by atoms with Gasteiger partial charge in [0.05, 0.1) is 20.6 Å². The van der Waals surface area contributed by atoms with E-state index in [1.165, 1.54) is 18.2 Å². The quantitative estimate of drug-likeness (QED) is 0.653. The smallest absolute Gasteiger partial charge is 0.261 e. The predicted molar refractivity (Wildman–Crippen MR) is 106 cm³/mol. The summed E-state index contributed by atoms with van der Waals surface area (Å²) in [6.45, 7) is 0.941. The zero-order valence-corrected chi connectivity index (χ0v) is 16.5. The number of benzene rings is 2. The molecule has 0 amide bonds. The third-order valence-electron chi connectivity index (χ3n) is 3.92. The van der Waals surface area contributed by atoms with Crippen molar-refractivity contribution < 1.29 is 8.42 Å². The van der Waals surface area contributed by atoms with Crippen LogP contribution >= 0.6 is 35.0 Å². The Balaban J connectivity index is 1.62. The minimum absolute atomic E-state index is 0.0506. The summed E-state index contributed by atoms with van der Waals surface area (Å²) >= 11 is 13.5. The van der Waals surface area contributed by atoms with E-state index in [1.54, 1.807) is 30.0 Å². The fraction of sp³-hybridized carbons (Fsp3) is 0.118. The van der Waals surface area contributed by atoms with Gasteiger partial charge in [0.25, 0.3) is 10.0 Å². The molecule has 1 N–H and O–H groups in total. The number of nitrogens with one attached hydrogen (secondary N) is 1. The van der Waals surface area contributed by atoms with E-state index in [1.807, 2.05) is 12.3 Å². The molecule has 26 heavy (non-hydrogen) atoms. The first-order valence-electron chi connectivity index (χ1n) is 7.71. The first-order valence-corrected chi connectivity index (χ1v) is 10.9. The van der Waals surface area contributed by atoms with Crippen LogP contribution in [0.1, 0.15) is 0 Å². The van der Waals surface area contributed by atoms with Gasteiger partial charge in [-0.3, -0.25) is 4.72 Å². The van der Waals surface area contributed by atoms with Crippen LogP contribution in [0, 0.1) is 0 Å². The van der Waals surface area contributed by atoms with E-state index >= 15 is 0 Å². The molecule has 0 saturated heterocycles. The van der Waals surface area contributed by atoms with Crippen LogP contribution in [-0.4, -0.2) is 23.7 Å². The van der Waals surface area contributed by atoms with E-state index < -0.39 is 10.0 Å². The minimum Gasteiger partial charge on any atom is -0.325 e. The number of thioether (sulfide) groups is 1. The van der Waals surface area contributed by atoms with Gasteiger partial charge in [0, 0.05) is 29.7 Å². The van der Waals surface area contributed by atoms with Crippen molar-refractivity contribution in [3.63, 3.8) is 0 Å². The van der Waals surface area contributed by atoms with E-state index in [-0.39, 0.29) is 9.92 Å². The summed E-state index contributed by atoms with van der Waals surface area (Å²) in [5, 5.41) is 1.48. The van der Waals surface area contributed by atoms with Gasteiger partial charge in [-0.05, 0) is 30.3 Å². The van der Waals surface area contributed by atoms with Gasteiger partial charge in [-0.25, -0.2) is 13.4 Å². The van der Waals surface area contributed by atoms with Gasteiger partial charge < -0.3 is 4.57 Å². The summed E-state index contributed by atoms with van der Waals surface area (Å²) in [7, 11) is -3.77. The number of sulfonamides is 1. The van der Waals surface area contributed by atoms with Gasteiger partial charge in [0.15, 0.2) is 5.16 Å². The summed E-state index contributed by atoms with van der Waals surface area (Å²) in [4.78, 5) is 4.65. The number of imidazole rings is 1. The van der Waals surface area contributed by atoms with Crippen LogP contribution in [0.5, 0.6) is 0 Å². The number of fused-ring (bicyclic) bond motifs is 1. The molecule has 0 saturated carbocycles. The highest BCUT2D eigenvalue weighted by Gasteiger charge is 2.18. The number of nitrogens with zero attached hydrogens (tertiary/aromatic N) is 2. The molecule has 0 unspecified atom stereocenters. The second-order valence-corrected chi connectivity index (χ2v) is 9.27. The van der Waals surface area contributed by atoms with Crippen LogP contribution < -0.4 is 4.72 Å². The molecule has 0 radical (unpaired) electrons. The normalized spacial score (nSPS) is 13.6. The molecule has 9 heteroatoms. The monoisotopic (exact) mass is 425 g/mol. The summed E-state index contributed by atoms with van der Waals surface area (Å²) in [5.41, 5.74) is 2.12. The molecule has 2 aromatic carbocycles. The molecule has 5 nitrogen and oxygen atoms in total. The SMILES string of the molecule is O=S(=O)(Nc1cccc(-c2cn3c(n2)SCC3)c1)c1ccc(Cl)c(Cl)c1.